The zero-order valence-corrected chi connectivity index (χ0v) is 12.8. The third-order valence-electron chi connectivity index (χ3n) is 4.22. The monoisotopic (exact) mass is 269 g/mol. The Morgan fingerprint density at radius 3 is 2.40 bits per heavy atom. The van der Waals surface area contributed by atoms with E-state index in [1.165, 1.54) is 34.4 Å². The number of hydrogen-bond donors (Lipinski definition) is 1. The number of aromatic nitrogens is 2. The predicted molar refractivity (Wildman–Crippen MR) is 83.1 cm³/mol. The standard InChI is InChI=1S/C17H23N3/c1-11-7-12(2)9-15(8-11)17-13(3)19-20(14(17)4)16-5-6-18-10-16/h7-9,16,18H,5-6,10H2,1-4H3. The molecule has 20 heavy (non-hydrogen) atoms. The predicted octanol–water partition coefficient (Wildman–Crippen LogP) is 3.32. The van der Waals surface area contributed by atoms with Crippen LogP contribution in [0.25, 0.3) is 11.1 Å². The molecule has 1 N–H and O–H groups in total. The molecule has 1 aromatic carbocycles. The van der Waals surface area contributed by atoms with Gasteiger partial charge >= 0.3 is 0 Å². The maximum atomic E-state index is 4.80. The highest BCUT2D eigenvalue weighted by Crippen LogP contribution is 2.31. The van der Waals surface area contributed by atoms with E-state index >= 15 is 0 Å². The van der Waals surface area contributed by atoms with E-state index in [-0.39, 0.29) is 0 Å². The molecule has 1 unspecified atom stereocenters. The fourth-order valence-corrected chi connectivity index (χ4v) is 3.40. The van der Waals surface area contributed by atoms with E-state index in [9.17, 15) is 0 Å². The average Bonchev–Trinajstić information content (AvgIpc) is 2.96. The van der Waals surface area contributed by atoms with Gasteiger partial charge in [0.15, 0.2) is 0 Å². The summed E-state index contributed by atoms with van der Waals surface area (Å²) >= 11 is 0. The highest BCUT2D eigenvalue weighted by atomic mass is 15.3. The molecule has 0 aliphatic carbocycles. The quantitative estimate of drug-likeness (QED) is 0.906. The Hall–Kier alpha value is -1.61. The number of benzene rings is 1. The molecule has 0 saturated carbocycles. The molecule has 1 fully saturated rings. The zero-order valence-electron chi connectivity index (χ0n) is 12.8. The largest absolute Gasteiger partial charge is 0.315 e. The van der Waals surface area contributed by atoms with E-state index in [2.05, 4.69) is 55.9 Å². The second-order valence-electron chi connectivity index (χ2n) is 6.01. The Labute approximate surface area is 121 Å². The average molecular weight is 269 g/mol. The molecule has 1 aliphatic rings. The van der Waals surface area contributed by atoms with Crippen LogP contribution in [0.4, 0.5) is 0 Å². The molecule has 0 radical (unpaired) electrons. The topological polar surface area (TPSA) is 29.9 Å². The number of nitrogens with one attached hydrogen (secondary N) is 1. The van der Waals surface area contributed by atoms with E-state index in [1.54, 1.807) is 0 Å². The van der Waals surface area contributed by atoms with Crippen LogP contribution in [0.3, 0.4) is 0 Å². The van der Waals surface area contributed by atoms with E-state index < -0.39 is 0 Å². The fraction of sp³-hybridized carbons (Fsp3) is 0.471. The van der Waals surface area contributed by atoms with Gasteiger partial charge in [0.2, 0.25) is 0 Å². The zero-order chi connectivity index (χ0) is 14.3. The summed E-state index contributed by atoms with van der Waals surface area (Å²) in [6, 6.07) is 7.26. The number of rotatable bonds is 2. The van der Waals surface area contributed by atoms with Crippen LogP contribution in [0, 0.1) is 27.7 Å². The maximum absolute atomic E-state index is 4.80. The van der Waals surface area contributed by atoms with Gasteiger partial charge in [-0.25, -0.2) is 0 Å². The van der Waals surface area contributed by atoms with Gasteiger partial charge in [-0.05, 0) is 46.2 Å². The fourth-order valence-electron chi connectivity index (χ4n) is 3.40. The lowest BCUT2D eigenvalue weighted by atomic mass is 9.99. The first-order chi connectivity index (χ1) is 9.56. The minimum absolute atomic E-state index is 0.508. The van der Waals surface area contributed by atoms with Gasteiger partial charge in [-0.3, -0.25) is 4.68 Å². The van der Waals surface area contributed by atoms with Crippen molar-refractivity contribution < 1.29 is 0 Å². The Morgan fingerprint density at radius 2 is 1.80 bits per heavy atom. The van der Waals surface area contributed by atoms with Crippen molar-refractivity contribution in [3.63, 3.8) is 0 Å². The summed E-state index contributed by atoms with van der Waals surface area (Å²) < 4.78 is 2.22. The van der Waals surface area contributed by atoms with Gasteiger partial charge in [0.1, 0.15) is 0 Å². The normalized spacial score (nSPS) is 18.7. The summed E-state index contributed by atoms with van der Waals surface area (Å²) in [4.78, 5) is 0. The molecule has 2 heterocycles. The smallest absolute Gasteiger partial charge is 0.0675 e. The van der Waals surface area contributed by atoms with Crippen molar-refractivity contribution in [2.45, 2.75) is 40.2 Å². The van der Waals surface area contributed by atoms with Crippen LogP contribution in [0.15, 0.2) is 18.2 Å². The molecule has 2 aromatic rings. The van der Waals surface area contributed by atoms with Crippen molar-refractivity contribution in [3.8, 4) is 11.1 Å². The van der Waals surface area contributed by atoms with Gasteiger partial charge in [0.25, 0.3) is 0 Å². The van der Waals surface area contributed by atoms with Gasteiger partial charge in [-0.15, -0.1) is 0 Å². The van der Waals surface area contributed by atoms with E-state index in [0.29, 0.717) is 6.04 Å². The highest BCUT2D eigenvalue weighted by molar-refractivity contribution is 5.69. The van der Waals surface area contributed by atoms with Crippen molar-refractivity contribution in [1.82, 2.24) is 15.1 Å². The first-order valence-electron chi connectivity index (χ1n) is 7.41. The van der Waals surface area contributed by atoms with Crippen molar-refractivity contribution in [2.75, 3.05) is 13.1 Å². The van der Waals surface area contributed by atoms with Gasteiger partial charge in [0.05, 0.1) is 11.7 Å². The van der Waals surface area contributed by atoms with Crippen LogP contribution in [0.5, 0.6) is 0 Å². The molecule has 3 nitrogen and oxygen atoms in total. The molecular formula is C17H23N3. The molecule has 1 aromatic heterocycles. The number of aryl methyl sites for hydroxylation is 3. The Kier molecular flexibility index (Phi) is 3.38. The van der Waals surface area contributed by atoms with E-state index in [4.69, 9.17) is 5.10 Å². The molecule has 1 saturated heterocycles. The van der Waals surface area contributed by atoms with Gasteiger partial charge in [0, 0.05) is 17.8 Å². The van der Waals surface area contributed by atoms with Crippen molar-refractivity contribution in [2.24, 2.45) is 0 Å². The third-order valence-corrected chi connectivity index (χ3v) is 4.22. The number of hydrogen-bond acceptors (Lipinski definition) is 2. The van der Waals surface area contributed by atoms with Crippen LogP contribution in [0.2, 0.25) is 0 Å². The maximum Gasteiger partial charge on any atom is 0.0675 e. The summed E-state index contributed by atoms with van der Waals surface area (Å²) in [6.07, 6.45) is 1.17. The first kappa shape index (κ1) is 13.4. The SMILES string of the molecule is Cc1cc(C)cc(-c2c(C)nn(C3CCNC3)c2C)c1. The van der Waals surface area contributed by atoms with Crippen molar-refractivity contribution >= 4 is 0 Å². The molecule has 1 atom stereocenters. The van der Waals surface area contributed by atoms with Gasteiger partial charge in [-0.1, -0.05) is 29.3 Å². The lowest BCUT2D eigenvalue weighted by Gasteiger charge is -2.12. The third kappa shape index (κ3) is 2.27. The highest BCUT2D eigenvalue weighted by Gasteiger charge is 2.22. The number of nitrogens with zero attached hydrogens (tertiary/aromatic N) is 2. The molecule has 3 rings (SSSR count). The minimum atomic E-state index is 0.508. The lowest BCUT2D eigenvalue weighted by molar-refractivity contribution is 0.477. The Bertz CT molecular complexity index is 614. The van der Waals surface area contributed by atoms with Gasteiger partial charge < -0.3 is 5.32 Å². The molecular weight excluding hydrogens is 246 g/mol. The van der Waals surface area contributed by atoms with E-state index in [1.807, 2.05) is 0 Å². The molecule has 0 bridgehead atoms. The molecule has 0 amide bonds. The second kappa shape index (κ2) is 5.06. The van der Waals surface area contributed by atoms with E-state index in [0.717, 1.165) is 18.8 Å². The second-order valence-corrected chi connectivity index (χ2v) is 6.01. The van der Waals surface area contributed by atoms with Crippen LogP contribution < -0.4 is 5.32 Å². The summed E-state index contributed by atoms with van der Waals surface area (Å²) in [7, 11) is 0. The minimum Gasteiger partial charge on any atom is -0.315 e. The molecule has 3 heteroatoms. The van der Waals surface area contributed by atoms with Crippen molar-refractivity contribution in [3.05, 3.63) is 40.7 Å². The van der Waals surface area contributed by atoms with Crippen LogP contribution in [0.1, 0.15) is 35.0 Å². The summed E-state index contributed by atoms with van der Waals surface area (Å²) in [5, 5.41) is 8.23. The summed E-state index contributed by atoms with van der Waals surface area (Å²) in [5.41, 5.74) is 7.67. The Morgan fingerprint density at radius 1 is 1.10 bits per heavy atom. The molecule has 106 valence electrons. The van der Waals surface area contributed by atoms with Crippen molar-refractivity contribution in [1.29, 1.82) is 0 Å². The van der Waals surface area contributed by atoms with Crippen LogP contribution >= 0.6 is 0 Å². The molecule has 1 aliphatic heterocycles. The molecule has 0 spiro atoms. The van der Waals surface area contributed by atoms with Crippen LogP contribution in [-0.4, -0.2) is 22.9 Å². The summed E-state index contributed by atoms with van der Waals surface area (Å²) in [5.74, 6) is 0. The van der Waals surface area contributed by atoms with Crippen LogP contribution in [-0.2, 0) is 0 Å². The van der Waals surface area contributed by atoms with Gasteiger partial charge in [-0.2, -0.15) is 5.10 Å². The Balaban J connectivity index is 2.09. The lowest BCUT2D eigenvalue weighted by Crippen LogP contribution is -2.15. The first-order valence-corrected chi connectivity index (χ1v) is 7.41. The summed E-state index contributed by atoms with van der Waals surface area (Å²) in [6.45, 7) is 10.8.